The number of unbranched alkanes of at least 4 members (excludes halogenated alkanes) is 1. The molecule has 1 heteroatoms. The van der Waals surface area contributed by atoms with Crippen LogP contribution >= 0.6 is 11.8 Å². The molecule has 0 rings (SSSR count). The van der Waals surface area contributed by atoms with Gasteiger partial charge in [0.1, 0.15) is 0 Å². The molecule has 0 N–H and O–H groups in total. The highest BCUT2D eigenvalue weighted by Gasteiger charge is 1.96. The largest absolute Gasteiger partial charge is 0.159 e. The van der Waals surface area contributed by atoms with Gasteiger partial charge in [-0.2, -0.15) is 11.8 Å². The Kier molecular flexibility index (Phi) is 6.96. The normalized spacial score (nSPS) is 12.5. The molecule has 0 aromatic rings. The first kappa shape index (κ1) is 9.91. The van der Waals surface area contributed by atoms with Crippen molar-refractivity contribution < 1.29 is 0 Å². The highest BCUT2D eigenvalue weighted by atomic mass is 32.2. The zero-order valence-electron chi connectivity index (χ0n) is 6.89. The van der Waals surface area contributed by atoms with Crippen LogP contribution in [0.15, 0.2) is 0 Å². The van der Waals surface area contributed by atoms with Crippen LogP contribution in [-0.2, 0) is 0 Å². The van der Waals surface area contributed by atoms with Crippen molar-refractivity contribution in [3.05, 3.63) is 0 Å². The fraction of sp³-hybridized carbons (Fsp3) is 0.778. The third kappa shape index (κ3) is 6.04. The highest BCUT2D eigenvalue weighted by Crippen LogP contribution is 2.14. The molecular formula is C9H16S. The molecule has 0 nitrogen and oxygen atoms in total. The Hall–Kier alpha value is -0.0900. The number of terminal acetylenes is 1. The summed E-state index contributed by atoms with van der Waals surface area (Å²) in [5.74, 6) is 3.87. The molecule has 0 aliphatic carbocycles. The second-order valence-electron chi connectivity index (χ2n) is 2.40. The molecule has 0 radical (unpaired) electrons. The summed E-state index contributed by atoms with van der Waals surface area (Å²) in [5, 5.41) is 0.803. The molecule has 10 heavy (non-hydrogen) atoms. The molecule has 0 saturated heterocycles. The Morgan fingerprint density at radius 3 is 2.80 bits per heavy atom. The fourth-order valence-electron chi connectivity index (χ4n) is 0.577. The summed E-state index contributed by atoms with van der Waals surface area (Å²) in [7, 11) is 0. The van der Waals surface area contributed by atoms with Gasteiger partial charge in [0.05, 0.1) is 0 Å². The second-order valence-corrected chi connectivity index (χ2v) is 3.94. The van der Waals surface area contributed by atoms with Crippen LogP contribution < -0.4 is 0 Å². The maximum atomic E-state index is 5.12. The first-order valence-corrected chi connectivity index (χ1v) is 4.91. The van der Waals surface area contributed by atoms with Crippen molar-refractivity contribution in [1.29, 1.82) is 0 Å². The molecule has 0 aromatic heterocycles. The third-order valence-corrected chi connectivity index (χ3v) is 2.87. The molecule has 0 fully saturated rings. The number of hydrogen-bond donors (Lipinski definition) is 0. The minimum Gasteiger partial charge on any atom is -0.159 e. The van der Waals surface area contributed by atoms with E-state index in [2.05, 4.69) is 19.8 Å². The van der Waals surface area contributed by atoms with Crippen molar-refractivity contribution in [2.24, 2.45) is 0 Å². The number of rotatable bonds is 5. The maximum absolute atomic E-state index is 5.12. The molecular weight excluding hydrogens is 140 g/mol. The summed E-state index contributed by atoms with van der Waals surface area (Å²) in [4.78, 5) is 0. The van der Waals surface area contributed by atoms with Gasteiger partial charge in [0.25, 0.3) is 0 Å². The first-order chi connectivity index (χ1) is 4.81. The molecule has 0 aliphatic heterocycles. The molecule has 0 heterocycles. The van der Waals surface area contributed by atoms with Crippen LogP contribution in [-0.4, -0.2) is 11.0 Å². The lowest BCUT2D eigenvalue weighted by molar-refractivity contribution is 0.897. The van der Waals surface area contributed by atoms with Crippen molar-refractivity contribution >= 4 is 11.8 Å². The van der Waals surface area contributed by atoms with Crippen LogP contribution in [0.4, 0.5) is 0 Å². The molecule has 1 unspecified atom stereocenters. The van der Waals surface area contributed by atoms with Crippen LogP contribution in [0.3, 0.4) is 0 Å². The smallest absolute Gasteiger partial charge is 0.00939 e. The Morgan fingerprint density at radius 2 is 2.30 bits per heavy atom. The van der Waals surface area contributed by atoms with Gasteiger partial charge in [-0.25, -0.2) is 0 Å². The molecule has 1 atom stereocenters. The number of hydrogen-bond acceptors (Lipinski definition) is 1. The predicted molar refractivity (Wildman–Crippen MR) is 50.3 cm³/mol. The van der Waals surface area contributed by atoms with Gasteiger partial charge in [-0.1, -0.05) is 13.8 Å². The number of thioether (sulfide) groups is 1. The minimum atomic E-state index is 0.803. The van der Waals surface area contributed by atoms with Crippen LogP contribution in [0.25, 0.3) is 0 Å². The predicted octanol–water partition coefficient (Wildman–Crippen LogP) is 2.93. The Balaban J connectivity index is 2.98. The summed E-state index contributed by atoms with van der Waals surface area (Å²) in [6, 6.07) is 0. The first-order valence-electron chi connectivity index (χ1n) is 3.86. The summed E-state index contributed by atoms with van der Waals surface area (Å²) in [6.07, 6.45) is 8.49. The van der Waals surface area contributed by atoms with Gasteiger partial charge in [-0.05, 0) is 18.6 Å². The van der Waals surface area contributed by atoms with E-state index in [1.807, 2.05) is 11.8 Å². The molecule has 0 amide bonds. The van der Waals surface area contributed by atoms with E-state index in [9.17, 15) is 0 Å². The molecule has 0 aromatic carbocycles. The van der Waals surface area contributed by atoms with E-state index in [-0.39, 0.29) is 0 Å². The zero-order valence-corrected chi connectivity index (χ0v) is 7.71. The van der Waals surface area contributed by atoms with E-state index in [0.29, 0.717) is 0 Å². The standard InChI is InChI=1S/C9H16S/c1-4-6-7-8-10-9(3)5-2/h1,9H,5-8H2,2-3H3. The van der Waals surface area contributed by atoms with E-state index in [1.165, 1.54) is 18.6 Å². The monoisotopic (exact) mass is 156 g/mol. The molecule has 0 bridgehead atoms. The van der Waals surface area contributed by atoms with Gasteiger partial charge in [-0.15, -0.1) is 12.3 Å². The second kappa shape index (κ2) is 7.02. The lowest BCUT2D eigenvalue weighted by atomic mass is 10.4. The lowest BCUT2D eigenvalue weighted by Crippen LogP contribution is -1.93. The van der Waals surface area contributed by atoms with Crippen molar-refractivity contribution in [3.63, 3.8) is 0 Å². The maximum Gasteiger partial charge on any atom is 0.00939 e. The van der Waals surface area contributed by atoms with Crippen LogP contribution in [0.1, 0.15) is 33.1 Å². The van der Waals surface area contributed by atoms with Crippen molar-refractivity contribution in [1.82, 2.24) is 0 Å². The van der Waals surface area contributed by atoms with E-state index in [4.69, 9.17) is 6.42 Å². The van der Waals surface area contributed by atoms with Gasteiger partial charge < -0.3 is 0 Å². The fourth-order valence-corrected chi connectivity index (χ4v) is 1.53. The topological polar surface area (TPSA) is 0 Å². The third-order valence-electron chi connectivity index (χ3n) is 1.44. The van der Waals surface area contributed by atoms with E-state index >= 15 is 0 Å². The Morgan fingerprint density at radius 1 is 1.60 bits per heavy atom. The average Bonchev–Trinajstić information content (AvgIpc) is 1.98. The molecule has 58 valence electrons. The minimum absolute atomic E-state index is 0.803. The summed E-state index contributed by atoms with van der Waals surface area (Å²) in [6.45, 7) is 4.49. The van der Waals surface area contributed by atoms with Crippen molar-refractivity contribution in [2.45, 2.75) is 38.4 Å². The molecule has 0 spiro atoms. The zero-order chi connectivity index (χ0) is 7.82. The van der Waals surface area contributed by atoms with Crippen LogP contribution in [0.5, 0.6) is 0 Å². The van der Waals surface area contributed by atoms with Gasteiger partial charge in [0.2, 0.25) is 0 Å². The van der Waals surface area contributed by atoms with Crippen molar-refractivity contribution in [3.8, 4) is 12.3 Å². The molecule has 0 saturated carbocycles. The summed E-state index contributed by atoms with van der Waals surface area (Å²) < 4.78 is 0. The summed E-state index contributed by atoms with van der Waals surface area (Å²) >= 11 is 2.02. The summed E-state index contributed by atoms with van der Waals surface area (Å²) in [5.41, 5.74) is 0. The van der Waals surface area contributed by atoms with Crippen LogP contribution in [0, 0.1) is 12.3 Å². The van der Waals surface area contributed by atoms with Crippen LogP contribution in [0.2, 0.25) is 0 Å². The lowest BCUT2D eigenvalue weighted by Gasteiger charge is -2.05. The quantitative estimate of drug-likeness (QED) is 0.435. The molecule has 0 aliphatic rings. The van der Waals surface area contributed by atoms with E-state index < -0.39 is 0 Å². The van der Waals surface area contributed by atoms with Gasteiger partial charge in [0.15, 0.2) is 0 Å². The Labute approximate surface area is 68.8 Å². The van der Waals surface area contributed by atoms with E-state index in [0.717, 1.165) is 11.7 Å². The van der Waals surface area contributed by atoms with Gasteiger partial charge in [-0.3, -0.25) is 0 Å². The van der Waals surface area contributed by atoms with E-state index in [1.54, 1.807) is 0 Å². The average molecular weight is 156 g/mol. The SMILES string of the molecule is C#CCCCSC(C)CC. The van der Waals surface area contributed by atoms with Crippen molar-refractivity contribution in [2.75, 3.05) is 5.75 Å². The van der Waals surface area contributed by atoms with Gasteiger partial charge in [0, 0.05) is 11.7 Å². The highest BCUT2D eigenvalue weighted by molar-refractivity contribution is 7.99. The Bertz CT molecular complexity index is 102. The van der Waals surface area contributed by atoms with Gasteiger partial charge >= 0.3 is 0 Å².